The van der Waals surface area contributed by atoms with Crippen LogP contribution < -0.4 is 10.1 Å². The van der Waals surface area contributed by atoms with Gasteiger partial charge in [0.15, 0.2) is 0 Å². The van der Waals surface area contributed by atoms with Gasteiger partial charge in [-0.15, -0.1) is 0 Å². The van der Waals surface area contributed by atoms with E-state index in [4.69, 9.17) is 21.1 Å². The number of hydrogen-bond acceptors (Lipinski definition) is 5. The molecule has 2 aromatic carbocycles. The van der Waals surface area contributed by atoms with Crippen LogP contribution in [0.5, 0.6) is 5.75 Å². The van der Waals surface area contributed by atoms with Crippen LogP contribution in [0.25, 0.3) is 0 Å². The van der Waals surface area contributed by atoms with E-state index in [0.29, 0.717) is 16.7 Å². The number of amides is 2. The Bertz CT molecular complexity index is 1340. The lowest BCUT2D eigenvalue weighted by molar-refractivity contribution is -0.142. The third-order valence-electron chi connectivity index (χ3n) is 9.21. The molecule has 2 saturated heterocycles. The maximum Gasteiger partial charge on any atom is 0.246 e. The van der Waals surface area contributed by atoms with Gasteiger partial charge in [-0.05, 0) is 54.2 Å². The van der Waals surface area contributed by atoms with E-state index >= 15 is 0 Å². The lowest BCUT2D eigenvalue weighted by Gasteiger charge is -2.36. The van der Waals surface area contributed by atoms with Gasteiger partial charge in [-0.3, -0.25) is 14.4 Å². The van der Waals surface area contributed by atoms with Crippen molar-refractivity contribution in [3.8, 4) is 5.75 Å². The zero-order valence-electron chi connectivity index (χ0n) is 22.8. The Morgan fingerprint density at radius 2 is 1.90 bits per heavy atom. The molecule has 1 N–H and O–H groups in total. The highest BCUT2D eigenvalue weighted by atomic mass is 35.5. The van der Waals surface area contributed by atoms with Crippen LogP contribution >= 0.6 is 11.6 Å². The Morgan fingerprint density at radius 3 is 2.65 bits per heavy atom. The quantitative estimate of drug-likeness (QED) is 0.479. The van der Waals surface area contributed by atoms with Gasteiger partial charge in [-0.1, -0.05) is 67.8 Å². The van der Waals surface area contributed by atoms with Gasteiger partial charge in [-0.2, -0.15) is 0 Å². The minimum Gasteiger partial charge on any atom is -0.497 e. The summed E-state index contributed by atoms with van der Waals surface area (Å²) >= 11 is 6.11. The molecular formula is C32H35ClN2O5. The summed E-state index contributed by atoms with van der Waals surface area (Å²) in [6.07, 6.45) is 7.57. The molecule has 1 spiro atoms. The van der Waals surface area contributed by atoms with Gasteiger partial charge < -0.3 is 19.7 Å². The van der Waals surface area contributed by atoms with E-state index in [1.165, 1.54) is 0 Å². The first-order valence-electron chi connectivity index (χ1n) is 14.2. The molecule has 3 aliphatic heterocycles. The molecule has 7 atom stereocenters. The standard InChI is InChI=1S/C32H35ClN2O5/c1-19-6-3-4-9-24(19)34-30(37)29-32-15-14-26(40-32)27(25(36)17-21-7-5-8-23(16-21)39-2)28(32)31(38)35(29)18-20-10-12-22(33)13-11-20/h5,7-8,10-16,19,24,26-29H,3-4,6,9,17-18H2,1-2H3,(H,34,37). The number of carbonyl (C=O) groups is 3. The number of methoxy groups -OCH3 is 1. The van der Waals surface area contributed by atoms with Gasteiger partial charge in [0.05, 0.1) is 25.0 Å². The minimum absolute atomic E-state index is 0.0530. The summed E-state index contributed by atoms with van der Waals surface area (Å²) in [5.74, 6) is -0.893. The first-order valence-corrected chi connectivity index (χ1v) is 14.6. The zero-order valence-corrected chi connectivity index (χ0v) is 23.6. The Labute approximate surface area is 239 Å². The molecule has 4 aliphatic rings. The first kappa shape index (κ1) is 27.0. The van der Waals surface area contributed by atoms with E-state index in [1.807, 2.05) is 48.6 Å². The summed E-state index contributed by atoms with van der Waals surface area (Å²) in [4.78, 5) is 43.7. The second-order valence-electron chi connectivity index (χ2n) is 11.7. The van der Waals surface area contributed by atoms with Crippen molar-refractivity contribution < 1.29 is 23.9 Å². The average molecular weight is 563 g/mol. The van der Waals surface area contributed by atoms with Gasteiger partial charge >= 0.3 is 0 Å². The van der Waals surface area contributed by atoms with E-state index in [-0.39, 0.29) is 36.6 Å². The number of carbonyl (C=O) groups excluding carboxylic acids is 3. The van der Waals surface area contributed by atoms with E-state index in [1.54, 1.807) is 24.1 Å². The van der Waals surface area contributed by atoms with Crippen LogP contribution in [0.1, 0.15) is 43.7 Å². The topological polar surface area (TPSA) is 84.9 Å². The number of benzene rings is 2. The zero-order chi connectivity index (χ0) is 28.0. The molecule has 0 radical (unpaired) electrons. The van der Waals surface area contributed by atoms with Crippen molar-refractivity contribution in [3.63, 3.8) is 0 Å². The second-order valence-corrected chi connectivity index (χ2v) is 12.1. The molecule has 40 heavy (non-hydrogen) atoms. The maximum absolute atomic E-state index is 14.2. The fourth-order valence-corrected chi connectivity index (χ4v) is 7.31. The summed E-state index contributed by atoms with van der Waals surface area (Å²) in [5.41, 5.74) is 0.496. The minimum atomic E-state index is -1.18. The fraction of sp³-hybridized carbons (Fsp3) is 0.469. The van der Waals surface area contributed by atoms with Crippen LogP contribution in [0.2, 0.25) is 5.02 Å². The third-order valence-corrected chi connectivity index (χ3v) is 9.46. The molecule has 8 heteroatoms. The van der Waals surface area contributed by atoms with Crippen molar-refractivity contribution in [1.29, 1.82) is 0 Å². The van der Waals surface area contributed by atoms with Gasteiger partial charge in [0, 0.05) is 24.0 Å². The summed E-state index contributed by atoms with van der Waals surface area (Å²) in [6, 6.07) is 13.9. The number of nitrogens with one attached hydrogen (secondary N) is 1. The molecule has 2 amide bonds. The van der Waals surface area contributed by atoms with Crippen molar-refractivity contribution in [1.82, 2.24) is 10.2 Å². The van der Waals surface area contributed by atoms with Crippen LogP contribution in [0.3, 0.4) is 0 Å². The smallest absolute Gasteiger partial charge is 0.246 e. The molecule has 3 fully saturated rings. The number of fused-ring (bicyclic) bond motifs is 1. The molecule has 3 heterocycles. The van der Waals surface area contributed by atoms with E-state index < -0.39 is 29.6 Å². The largest absolute Gasteiger partial charge is 0.497 e. The summed E-state index contributed by atoms with van der Waals surface area (Å²) in [5, 5.41) is 3.87. The maximum atomic E-state index is 14.2. The number of likely N-dealkylation sites (tertiary alicyclic amines) is 1. The SMILES string of the molecule is COc1cccc(CC(=O)C2C3C=CC4(O3)C2C(=O)N(Cc2ccc(Cl)cc2)C4C(=O)NC2CCCCC2C)c1. The second kappa shape index (κ2) is 10.7. The van der Waals surface area contributed by atoms with Crippen molar-refractivity contribution in [2.45, 2.75) is 69.4 Å². The van der Waals surface area contributed by atoms with Crippen LogP contribution in [0.4, 0.5) is 0 Å². The van der Waals surface area contributed by atoms with Gasteiger partial charge in [0.25, 0.3) is 0 Å². The number of rotatable bonds is 8. The Morgan fingerprint density at radius 1 is 1.12 bits per heavy atom. The summed E-state index contributed by atoms with van der Waals surface area (Å²) < 4.78 is 11.8. The Balaban J connectivity index is 1.32. The molecule has 210 valence electrons. The lowest BCUT2D eigenvalue weighted by atomic mass is 9.72. The highest BCUT2D eigenvalue weighted by Crippen LogP contribution is 2.55. The normalized spacial score (nSPS) is 32.3. The van der Waals surface area contributed by atoms with Gasteiger partial charge in [0.1, 0.15) is 23.2 Å². The third kappa shape index (κ3) is 4.63. The monoisotopic (exact) mass is 562 g/mol. The summed E-state index contributed by atoms with van der Waals surface area (Å²) in [6.45, 7) is 2.40. The number of nitrogens with zero attached hydrogens (tertiary/aromatic N) is 1. The van der Waals surface area contributed by atoms with Crippen LogP contribution in [0.15, 0.2) is 60.7 Å². The van der Waals surface area contributed by atoms with Crippen molar-refractivity contribution >= 4 is 29.2 Å². The average Bonchev–Trinajstić information content (AvgIpc) is 3.59. The molecule has 1 aliphatic carbocycles. The molecule has 6 rings (SSSR count). The molecule has 2 aromatic rings. The van der Waals surface area contributed by atoms with Crippen molar-refractivity contribution in [2.24, 2.45) is 17.8 Å². The predicted octanol–water partition coefficient (Wildman–Crippen LogP) is 4.51. The van der Waals surface area contributed by atoms with E-state index in [2.05, 4.69) is 12.2 Å². The molecule has 7 nitrogen and oxygen atoms in total. The highest BCUT2D eigenvalue weighted by Gasteiger charge is 2.72. The van der Waals surface area contributed by atoms with Crippen molar-refractivity contribution in [3.05, 3.63) is 76.8 Å². The van der Waals surface area contributed by atoms with Gasteiger partial charge in [-0.25, -0.2) is 0 Å². The number of ether oxygens (including phenoxy) is 2. The van der Waals surface area contributed by atoms with Crippen LogP contribution in [0, 0.1) is 17.8 Å². The Kier molecular flexibility index (Phi) is 7.21. The summed E-state index contributed by atoms with van der Waals surface area (Å²) in [7, 11) is 1.59. The molecule has 2 bridgehead atoms. The molecule has 7 unspecified atom stereocenters. The van der Waals surface area contributed by atoms with Crippen molar-refractivity contribution in [2.75, 3.05) is 7.11 Å². The molecule has 1 saturated carbocycles. The fourth-order valence-electron chi connectivity index (χ4n) is 7.19. The van der Waals surface area contributed by atoms with Gasteiger partial charge in [0.2, 0.25) is 11.8 Å². The lowest BCUT2D eigenvalue weighted by Crippen LogP contribution is -2.57. The molecular weight excluding hydrogens is 528 g/mol. The number of ketones is 1. The van der Waals surface area contributed by atoms with E-state index in [9.17, 15) is 14.4 Å². The highest BCUT2D eigenvalue weighted by molar-refractivity contribution is 6.30. The van der Waals surface area contributed by atoms with Crippen LogP contribution in [-0.4, -0.2) is 53.4 Å². The number of hydrogen-bond donors (Lipinski definition) is 1. The van der Waals surface area contributed by atoms with E-state index in [0.717, 1.165) is 36.8 Å². The number of Topliss-reactive ketones (excluding diaryl/α,β-unsaturated/α-hetero) is 1. The Hall–Kier alpha value is -3.16. The number of halogens is 1. The van der Waals surface area contributed by atoms with Crippen LogP contribution in [-0.2, 0) is 32.1 Å². The molecule has 0 aromatic heterocycles. The first-order chi connectivity index (χ1) is 19.3. The predicted molar refractivity (Wildman–Crippen MR) is 151 cm³/mol.